The van der Waals surface area contributed by atoms with E-state index in [1.54, 1.807) is 0 Å². The number of hydrogen-bond acceptors (Lipinski definition) is 3. The highest BCUT2D eigenvalue weighted by Gasteiger charge is 2.13. The van der Waals surface area contributed by atoms with E-state index >= 15 is 0 Å². The van der Waals surface area contributed by atoms with Gasteiger partial charge in [0, 0.05) is 12.0 Å². The lowest BCUT2D eigenvalue weighted by molar-refractivity contribution is -0.144. The molecule has 0 saturated heterocycles. The van der Waals surface area contributed by atoms with E-state index in [-0.39, 0.29) is 11.5 Å². The van der Waals surface area contributed by atoms with Gasteiger partial charge in [-0.3, -0.25) is 4.79 Å². The van der Waals surface area contributed by atoms with Crippen LogP contribution in [0.4, 0.5) is 0 Å². The lowest BCUT2D eigenvalue weighted by Gasteiger charge is -2.17. The molecule has 0 atom stereocenters. The standard InChI is InChI=1S/C14H29NO2/c1-4-5-6-7-8-9-12-17-13(16)10-11-14(2,3)15/h4-12,15H2,1-3H3. The van der Waals surface area contributed by atoms with Crippen molar-refractivity contribution < 1.29 is 9.53 Å². The van der Waals surface area contributed by atoms with Crippen molar-refractivity contribution in [1.29, 1.82) is 0 Å². The summed E-state index contributed by atoms with van der Waals surface area (Å²) >= 11 is 0. The van der Waals surface area contributed by atoms with Gasteiger partial charge in [-0.15, -0.1) is 0 Å². The topological polar surface area (TPSA) is 52.3 Å². The minimum absolute atomic E-state index is 0.114. The van der Waals surface area contributed by atoms with Gasteiger partial charge >= 0.3 is 5.97 Å². The Kier molecular flexibility index (Phi) is 9.14. The van der Waals surface area contributed by atoms with Gasteiger partial charge in [0.2, 0.25) is 0 Å². The molecular weight excluding hydrogens is 214 g/mol. The van der Waals surface area contributed by atoms with Crippen LogP contribution in [0.15, 0.2) is 0 Å². The summed E-state index contributed by atoms with van der Waals surface area (Å²) in [6, 6.07) is 0. The maximum absolute atomic E-state index is 11.3. The zero-order valence-corrected chi connectivity index (χ0v) is 11.8. The summed E-state index contributed by atoms with van der Waals surface area (Å²) < 4.78 is 5.15. The van der Waals surface area contributed by atoms with E-state index in [2.05, 4.69) is 6.92 Å². The van der Waals surface area contributed by atoms with Crippen LogP contribution < -0.4 is 5.73 Å². The normalized spacial score (nSPS) is 11.5. The number of esters is 1. The molecule has 0 aliphatic carbocycles. The number of ether oxygens (including phenoxy) is 1. The van der Waals surface area contributed by atoms with Gasteiger partial charge in [-0.1, -0.05) is 39.0 Å². The van der Waals surface area contributed by atoms with Crippen molar-refractivity contribution in [3.8, 4) is 0 Å². The van der Waals surface area contributed by atoms with Gasteiger partial charge < -0.3 is 10.5 Å². The zero-order chi connectivity index (χ0) is 13.1. The average Bonchev–Trinajstić information content (AvgIpc) is 2.24. The number of rotatable bonds is 10. The van der Waals surface area contributed by atoms with Crippen LogP contribution in [0.2, 0.25) is 0 Å². The lowest BCUT2D eigenvalue weighted by Crippen LogP contribution is -2.32. The molecule has 0 bridgehead atoms. The van der Waals surface area contributed by atoms with E-state index in [0.29, 0.717) is 19.4 Å². The predicted octanol–water partition coefficient (Wildman–Crippen LogP) is 3.41. The molecule has 17 heavy (non-hydrogen) atoms. The molecule has 0 aromatic carbocycles. The molecule has 0 aromatic rings. The Balaban J connectivity index is 3.28. The van der Waals surface area contributed by atoms with Crippen LogP contribution in [0.25, 0.3) is 0 Å². The molecule has 102 valence electrons. The number of hydrogen-bond donors (Lipinski definition) is 1. The molecule has 2 N–H and O–H groups in total. The van der Waals surface area contributed by atoms with Crippen molar-refractivity contribution in [3.05, 3.63) is 0 Å². The van der Waals surface area contributed by atoms with Crippen LogP contribution in [0.3, 0.4) is 0 Å². The third-order valence-corrected chi connectivity index (χ3v) is 2.73. The molecule has 3 nitrogen and oxygen atoms in total. The Hall–Kier alpha value is -0.570. The number of carbonyl (C=O) groups is 1. The molecule has 0 aliphatic heterocycles. The molecular formula is C14H29NO2. The zero-order valence-electron chi connectivity index (χ0n) is 11.8. The van der Waals surface area contributed by atoms with Crippen LogP contribution in [0.1, 0.15) is 72.1 Å². The Bertz CT molecular complexity index is 197. The first kappa shape index (κ1) is 16.4. The quantitative estimate of drug-likeness (QED) is 0.472. The van der Waals surface area contributed by atoms with Gasteiger partial charge in [0.05, 0.1) is 6.61 Å². The molecule has 0 aliphatic rings. The monoisotopic (exact) mass is 243 g/mol. The molecule has 0 saturated carbocycles. The second-order valence-electron chi connectivity index (χ2n) is 5.48. The summed E-state index contributed by atoms with van der Waals surface area (Å²) in [5, 5.41) is 0. The first-order valence-corrected chi connectivity index (χ1v) is 6.90. The van der Waals surface area contributed by atoms with E-state index in [1.165, 1.54) is 25.7 Å². The van der Waals surface area contributed by atoms with Crippen molar-refractivity contribution >= 4 is 5.97 Å². The van der Waals surface area contributed by atoms with Crippen molar-refractivity contribution in [1.82, 2.24) is 0 Å². The first-order chi connectivity index (χ1) is 7.95. The van der Waals surface area contributed by atoms with Crippen LogP contribution in [0.5, 0.6) is 0 Å². The molecule has 0 aromatic heterocycles. The van der Waals surface area contributed by atoms with Crippen molar-refractivity contribution in [2.45, 2.75) is 77.7 Å². The average molecular weight is 243 g/mol. The van der Waals surface area contributed by atoms with E-state index in [0.717, 1.165) is 12.8 Å². The number of unbranched alkanes of at least 4 members (excludes halogenated alkanes) is 5. The van der Waals surface area contributed by atoms with Crippen LogP contribution in [0, 0.1) is 0 Å². The molecule has 0 spiro atoms. The highest BCUT2D eigenvalue weighted by atomic mass is 16.5. The van der Waals surface area contributed by atoms with Gasteiger partial charge in [0.25, 0.3) is 0 Å². The molecule has 0 rings (SSSR count). The van der Waals surface area contributed by atoms with E-state index in [4.69, 9.17) is 10.5 Å². The largest absolute Gasteiger partial charge is 0.466 e. The van der Waals surface area contributed by atoms with Crippen molar-refractivity contribution in [3.63, 3.8) is 0 Å². The second kappa shape index (κ2) is 9.46. The molecule has 0 amide bonds. The van der Waals surface area contributed by atoms with E-state index < -0.39 is 0 Å². The van der Waals surface area contributed by atoms with E-state index in [1.807, 2.05) is 13.8 Å². The summed E-state index contributed by atoms with van der Waals surface area (Å²) in [5.74, 6) is -0.114. The van der Waals surface area contributed by atoms with Crippen LogP contribution in [-0.2, 0) is 9.53 Å². The molecule has 0 heterocycles. The summed E-state index contributed by atoms with van der Waals surface area (Å²) in [6.45, 7) is 6.62. The fourth-order valence-electron chi connectivity index (χ4n) is 1.56. The Labute approximate surface area is 106 Å². The fraction of sp³-hybridized carbons (Fsp3) is 0.929. The predicted molar refractivity (Wildman–Crippen MR) is 71.8 cm³/mol. The first-order valence-electron chi connectivity index (χ1n) is 6.90. The summed E-state index contributed by atoms with van der Waals surface area (Å²) in [7, 11) is 0. The minimum atomic E-state index is -0.279. The van der Waals surface area contributed by atoms with Crippen LogP contribution in [-0.4, -0.2) is 18.1 Å². The minimum Gasteiger partial charge on any atom is -0.466 e. The number of carbonyl (C=O) groups excluding carboxylic acids is 1. The van der Waals surface area contributed by atoms with Gasteiger partial charge in [-0.05, 0) is 26.7 Å². The van der Waals surface area contributed by atoms with Gasteiger partial charge in [0.15, 0.2) is 0 Å². The van der Waals surface area contributed by atoms with Crippen molar-refractivity contribution in [2.24, 2.45) is 5.73 Å². The SMILES string of the molecule is CCCCCCCCOC(=O)CCC(C)(C)N. The fourth-order valence-corrected chi connectivity index (χ4v) is 1.56. The van der Waals surface area contributed by atoms with E-state index in [9.17, 15) is 4.79 Å². The van der Waals surface area contributed by atoms with Crippen LogP contribution >= 0.6 is 0 Å². The van der Waals surface area contributed by atoms with Gasteiger partial charge in [-0.2, -0.15) is 0 Å². The Morgan fingerprint density at radius 1 is 1.12 bits per heavy atom. The summed E-state index contributed by atoms with van der Waals surface area (Å²) in [6.07, 6.45) is 8.39. The van der Waals surface area contributed by atoms with Gasteiger partial charge in [0.1, 0.15) is 0 Å². The third kappa shape index (κ3) is 13.4. The summed E-state index contributed by atoms with van der Waals surface area (Å²) in [4.78, 5) is 11.3. The maximum atomic E-state index is 11.3. The molecule has 0 unspecified atom stereocenters. The van der Waals surface area contributed by atoms with Crippen molar-refractivity contribution in [2.75, 3.05) is 6.61 Å². The highest BCUT2D eigenvalue weighted by molar-refractivity contribution is 5.69. The molecule has 0 fully saturated rings. The number of nitrogens with two attached hydrogens (primary N) is 1. The smallest absolute Gasteiger partial charge is 0.305 e. The molecule has 0 radical (unpaired) electrons. The Morgan fingerprint density at radius 2 is 1.71 bits per heavy atom. The Morgan fingerprint density at radius 3 is 2.29 bits per heavy atom. The van der Waals surface area contributed by atoms with Gasteiger partial charge in [-0.25, -0.2) is 0 Å². The lowest BCUT2D eigenvalue weighted by atomic mass is 10.0. The maximum Gasteiger partial charge on any atom is 0.305 e. The highest BCUT2D eigenvalue weighted by Crippen LogP contribution is 2.09. The second-order valence-corrected chi connectivity index (χ2v) is 5.48. The summed E-state index contributed by atoms with van der Waals surface area (Å²) in [5.41, 5.74) is 5.52. The third-order valence-electron chi connectivity index (χ3n) is 2.73. The molecule has 3 heteroatoms.